The Balaban J connectivity index is 2.25. The van der Waals surface area contributed by atoms with E-state index in [-0.39, 0.29) is 18.7 Å². The standard InChI is InChI=1S/C16H19FN2O4S/c1-3-15(16(20)18-11-14-5-4-10-23-14)19(24(2,21)22)13-8-6-12(17)7-9-13/h4-10,15H,3,11H2,1-2H3,(H,18,20)/t15-/m1/s1. The van der Waals surface area contributed by atoms with Gasteiger partial charge in [0.1, 0.15) is 17.6 Å². The highest BCUT2D eigenvalue weighted by Gasteiger charge is 2.31. The van der Waals surface area contributed by atoms with Crippen molar-refractivity contribution in [1.82, 2.24) is 5.32 Å². The molecule has 2 rings (SSSR count). The van der Waals surface area contributed by atoms with Gasteiger partial charge in [-0.15, -0.1) is 0 Å². The van der Waals surface area contributed by atoms with Crippen LogP contribution in [0.1, 0.15) is 19.1 Å². The molecule has 8 heteroatoms. The number of halogens is 1. The molecule has 1 aromatic carbocycles. The lowest BCUT2D eigenvalue weighted by Crippen LogP contribution is -2.49. The molecule has 6 nitrogen and oxygen atoms in total. The summed E-state index contributed by atoms with van der Waals surface area (Å²) in [7, 11) is -3.73. The molecule has 0 aliphatic heterocycles. The molecule has 2 aromatic rings. The molecular weight excluding hydrogens is 335 g/mol. The van der Waals surface area contributed by atoms with Gasteiger partial charge in [-0.1, -0.05) is 6.92 Å². The highest BCUT2D eigenvalue weighted by Crippen LogP contribution is 2.22. The Morgan fingerprint density at radius 2 is 1.96 bits per heavy atom. The number of rotatable bonds is 7. The van der Waals surface area contributed by atoms with Crippen molar-refractivity contribution in [1.29, 1.82) is 0 Å². The lowest BCUT2D eigenvalue weighted by atomic mass is 10.2. The molecule has 1 heterocycles. The van der Waals surface area contributed by atoms with Crippen molar-refractivity contribution in [3.05, 3.63) is 54.2 Å². The molecule has 0 saturated carbocycles. The van der Waals surface area contributed by atoms with E-state index in [2.05, 4.69) is 5.32 Å². The van der Waals surface area contributed by atoms with Crippen molar-refractivity contribution in [2.75, 3.05) is 10.6 Å². The summed E-state index contributed by atoms with van der Waals surface area (Å²) < 4.78 is 43.6. The quantitative estimate of drug-likeness (QED) is 0.827. The van der Waals surface area contributed by atoms with Crippen LogP contribution < -0.4 is 9.62 Å². The van der Waals surface area contributed by atoms with E-state index in [4.69, 9.17) is 4.42 Å². The maximum absolute atomic E-state index is 13.1. The molecule has 0 aliphatic rings. The Kier molecular flexibility index (Phi) is 5.61. The number of benzene rings is 1. The molecule has 1 atom stereocenters. The van der Waals surface area contributed by atoms with Gasteiger partial charge in [-0.2, -0.15) is 0 Å². The van der Waals surface area contributed by atoms with Crippen molar-refractivity contribution >= 4 is 21.6 Å². The summed E-state index contributed by atoms with van der Waals surface area (Å²) in [6.07, 6.45) is 2.76. The van der Waals surface area contributed by atoms with Crippen LogP contribution in [0, 0.1) is 5.82 Å². The van der Waals surface area contributed by atoms with Gasteiger partial charge in [0.05, 0.1) is 24.8 Å². The number of furan rings is 1. The zero-order chi connectivity index (χ0) is 17.7. The summed E-state index contributed by atoms with van der Waals surface area (Å²) in [5.74, 6) is -0.378. The second-order valence-corrected chi connectivity index (χ2v) is 7.12. The molecule has 24 heavy (non-hydrogen) atoms. The average Bonchev–Trinajstić information content (AvgIpc) is 3.03. The number of nitrogens with zero attached hydrogens (tertiary/aromatic N) is 1. The second-order valence-electron chi connectivity index (χ2n) is 5.26. The maximum atomic E-state index is 13.1. The zero-order valence-corrected chi connectivity index (χ0v) is 14.2. The summed E-state index contributed by atoms with van der Waals surface area (Å²) in [5.41, 5.74) is 0.235. The average molecular weight is 354 g/mol. The molecule has 0 bridgehead atoms. The summed E-state index contributed by atoms with van der Waals surface area (Å²) in [6.45, 7) is 1.86. The third-order valence-corrected chi connectivity index (χ3v) is 4.61. The first-order valence-corrected chi connectivity index (χ1v) is 9.23. The smallest absolute Gasteiger partial charge is 0.244 e. The normalized spacial score (nSPS) is 12.6. The number of hydrogen-bond acceptors (Lipinski definition) is 4. The molecule has 0 radical (unpaired) electrons. The molecule has 0 saturated heterocycles. The summed E-state index contributed by atoms with van der Waals surface area (Å²) >= 11 is 0. The van der Waals surface area contributed by atoms with Crippen molar-refractivity contribution < 1.29 is 22.0 Å². The molecule has 0 aliphatic carbocycles. The van der Waals surface area contributed by atoms with E-state index in [0.29, 0.717) is 5.76 Å². The van der Waals surface area contributed by atoms with Crippen LogP contribution in [-0.2, 0) is 21.4 Å². The number of sulfonamides is 1. The lowest BCUT2D eigenvalue weighted by molar-refractivity contribution is -0.122. The monoisotopic (exact) mass is 354 g/mol. The lowest BCUT2D eigenvalue weighted by Gasteiger charge is -2.30. The number of carbonyl (C=O) groups excluding carboxylic acids is 1. The minimum Gasteiger partial charge on any atom is -0.467 e. The number of amides is 1. The van der Waals surface area contributed by atoms with Crippen LogP contribution >= 0.6 is 0 Å². The van der Waals surface area contributed by atoms with Crippen LogP contribution in [0.15, 0.2) is 47.1 Å². The highest BCUT2D eigenvalue weighted by atomic mass is 32.2. The van der Waals surface area contributed by atoms with Crippen LogP contribution in [0.3, 0.4) is 0 Å². The SMILES string of the molecule is CC[C@H](C(=O)NCc1ccco1)N(c1ccc(F)cc1)S(C)(=O)=O. The molecule has 0 spiro atoms. The van der Waals surface area contributed by atoms with Crippen LogP contribution in [-0.4, -0.2) is 26.6 Å². The van der Waals surface area contributed by atoms with Gasteiger partial charge in [0.25, 0.3) is 0 Å². The van der Waals surface area contributed by atoms with Gasteiger partial charge >= 0.3 is 0 Å². The van der Waals surface area contributed by atoms with Gasteiger partial charge < -0.3 is 9.73 Å². The molecule has 0 unspecified atom stereocenters. The molecule has 0 fully saturated rings. The van der Waals surface area contributed by atoms with Crippen molar-refractivity contribution in [2.24, 2.45) is 0 Å². The summed E-state index contributed by atoms with van der Waals surface area (Å²) in [4.78, 5) is 12.5. The first kappa shape index (κ1) is 18.0. The van der Waals surface area contributed by atoms with Gasteiger partial charge in [0.2, 0.25) is 15.9 Å². The van der Waals surface area contributed by atoms with Gasteiger partial charge in [0, 0.05) is 0 Å². The molecule has 1 aromatic heterocycles. The van der Waals surface area contributed by atoms with E-state index in [1.165, 1.54) is 18.4 Å². The third kappa shape index (κ3) is 4.35. The first-order valence-electron chi connectivity index (χ1n) is 7.38. The fourth-order valence-electron chi connectivity index (χ4n) is 2.35. The Morgan fingerprint density at radius 1 is 1.29 bits per heavy atom. The Bertz CT molecular complexity index is 773. The van der Waals surface area contributed by atoms with Crippen LogP contribution in [0.25, 0.3) is 0 Å². The van der Waals surface area contributed by atoms with E-state index in [1.807, 2.05) is 0 Å². The maximum Gasteiger partial charge on any atom is 0.244 e. The van der Waals surface area contributed by atoms with Crippen molar-refractivity contribution in [2.45, 2.75) is 25.9 Å². The third-order valence-electron chi connectivity index (χ3n) is 3.43. The topological polar surface area (TPSA) is 79.6 Å². The molecule has 130 valence electrons. The van der Waals surface area contributed by atoms with E-state index in [9.17, 15) is 17.6 Å². The van der Waals surface area contributed by atoms with Gasteiger partial charge in [0.15, 0.2) is 0 Å². The molecular formula is C16H19FN2O4S. The number of carbonyl (C=O) groups is 1. The minimum atomic E-state index is -3.73. The van der Waals surface area contributed by atoms with Crippen molar-refractivity contribution in [3.8, 4) is 0 Å². The number of anilines is 1. The fraction of sp³-hybridized carbons (Fsp3) is 0.312. The van der Waals surface area contributed by atoms with Gasteiger partial charge in [-0.25, -0.2) is 12.8 Å². The van der Waals surface area contributed by atoms with Crippen LogP contribution in [0.5, 0.6) is 0 Å². The van der Waals surface area contributed by atoms with Gasteiger partial charge in [-0.3, -0.25) is 9.10 Å². The van der Waals surface area contributed by atoms with Crippen LogP contribution in [0.4, 0.5) is 10.1 Å². The van der Waals surface area contributed by atoms with E-state index in [1.54, 1.807) is 19.1 Å². The predicted octanol–water partition coefficient (Wildman–Crippen LogP) is 2.28. The minimum absolute atomic E-state index is 0.156. The number of hydrogen-bond donors (Lipinski definition) is 1. The van der Waals surface area contributed by atoms with E-state index < -0.39 is 27.8 Å². The van der Waals surface area contributed by atoms with Crippen molar-refractivity contribution in [3.63, 3.8) is 0 Å². The van der Waals surface area contributed by atoms with Gasteiger partial charge in [-0.05, 0) is 42.8 Å². The Labute approximate surface area is 140 Å². The molecule has 1 amide bonds. The second kappa shape index (κ2) is 7.48. The largest absolute Gasteiger partial charge is 0.467 e. The first-order chi connectivity index (χ1) is 11.3. The predicted molar refractivity (Wildman–Crippen MR) is 88.4 cm³/mol. The van der Waals surface area contributed by atoms with Crippen LogP contribution in [0.2, 0.25) is 0 Å². The Morgan fingerprint density at radius 3 is 2.46 bits per heavy atom. The molecule has 1 N–H and O–H groups in total. The van der Waals surface area contributed by atoms with E-state index >= 15 is 0 Å². The van der Waals surface area contributed by atoms with E-state index in [0.717, 1.165) is 22.7 Å². The highest BCUT2D eigenvalue weighted by molar-refractivity contribution is 7.92. The summed E-state index contributed by atoms with van der Waals surface area (Å²) in [6, 6.07) is 7.43. The zero-order valence-electron chi connectivity index (χ0n) is 13.4. The fourth-order valence-corrected chi connectivity index (χ4v) is 3.57. The summed E-state index contributed by atoms with van der Waals surface area (Å²) in [5, 5.41) is 2.66. The number of nitrogens with one attached hydrogen (secondary N) is 1. The Hall–Kier alpha value is -2.35.